The second-order valence-corrected chi connectivity index (χ2v) is 12.2. The maximum atomic E-state index is 6.12. The van der Waals surface area contributed by atoms with Gasteiger partial charge in [-0.2, -0.15) is 0 Å². The van der Waals surface area contributed by atoms with Gasteiger partial charge in [0.05, 0.1) is 19.5 Å². The zero-order valence-electron chi connectivity index (χ0n) is 22.7. The molecule has 0 radical (unpaired) electrons. The SMILES string of the molecule is c1ccc(-c2sc(-c3ccc(-c4ccc(-c5sc(-c6ccccc6)c6c5OCCO6)cc4)cc3)c3c2OCCO3)cc1. The first-order valence-electron chi connectivity index (χ1n) is 14.0. The highest BCUT2D eigenvalue weighted by Gasteiger charge is 2.27. The van der Waals surface area contributed by atoms with Crippen LogP contribution in [0.2, 0.25) is 0 Å². The summed E-state index contributed by atoms with van der Waals surface area (Å²) in [7, 11) is 0. The summed E-state index contributed by atoms with van der Waals surface area (Å²) in [5.41, 5.74) is 6.86. The van der Waals surface area contributed by atoms with E-state index in [2.05, 4.69) is 97.1 Å². The topological polar surface area (TPSA) is 36.9 Å². The summed E-state index contributed by atoms with van der Waals surface area (Å²) in [6.45, 7) is 2.26. The van der Waals surface area contributed by atoms with Crippen LogP contribution in [0.5, 0.6) is 23.0 Å². The van der Waals surface area contributed by atoms with Gasteiger partial charge in [-0.05, 0) is 33.4 Å². The van der Waals surface area contributed by atoms with Crippen LogP contribution < -0.4 is 18.9 Å². The Labute approximate surface area is 252 Å². The summed E-state index contributed by atoms with van der Waals surface area (Å²) in [6.07, 6.45) is 0. The van der Waals surface area contributed by atoms with Crippen molar-refractivity contribution in [2.24, 2.45) is 0 Å². The fourth-order valence-electron chi connectivity index (χ4n) is 5.47. The van der Waals surface area contributed by atoms with Crippen LogP contribution in [0.4, 0.5) is 0 Å². The van der Waals surface area contributed by atoms with Crippen LogP contribution in [0.1, 0.15) is 0 Å². The Morgan fingerprint density at radius 2 is 0.571 bits per heavy atom. The van der Waals surface area contributed by atoms with E-state index in [-0.39, 0.29) is 0 Å². The molecule has 0 amide bonds. The van der Waals surface area contributed by atoms with Crippen LogP contribution in [-0.4, -0.2) is 26.4 Å². The molecule has 6 heteroatoms. The molecule has 42 heavy (non-hydrogen) atoms. The molecule has 4 aromatic carbocycles. The van der Waals surface area contributed by atoms with Crippen LogP contribution in [0.15, 0.2) is 109 Å². The molecule has 2 aliphatic rings. The summed E-state index contributed by atoms with van der Waals surface area (Å²) >= 11 is 3.45. The maximum absolute atomic E-state index is 6.12. The Morgan fingerprint density at radius 1 is 0.310 bits per heavy atom. The molecule has 0 fully saturated rings. The van der Waals surface area contributed by atoms with Crippen molar-refractivity contribution in [3.05, 3.63) is 109 Å². The molecular weight excluding hydrogens is 561 g/mol. The first kappa shape index (κ1) is 25.2. The second-order valence-electron chi connectivity index (χ2n) is 10.1. The Bertz CT molecular complexity index is 1720. The third kappa shape index (κ3) is 4.44. The van der Waals surface area contributed by atoms with Crippen LogP contribution in [0.25, 0.3) is 52.9 Å². The fraction of sp³-hybridized carbons (Fsp3) is 0.111. The third-order valence-electron chi connectivity index (χ3n) is 7.50. The van der Waals surface area contributed by atoms with Gasteiger partial charge in [-0.3, -0.25) is 0 Å². The molecule has 4 heterocycles. The lowest BCUT2D eigenvalue weighted by Gasteiger charge is -2.17. The highest BCUT2D eigenvalue weighted by molar-refractivity contribution is 7.20. The zero-order valence-corrected chi connectivity index (χ0v) is 24.3. The van der Waals surface area contributed by atoms with Crippen LogP contribution >= 0.6 is 22.7 Å². The molecule has 0 N–H and O–H groups in total. The molecule has 2 aliphatic heterocycles. The smallest absolute Gasteiger partial charge is 0.180 e. The number of thiophene rings is 2. The third-order valence-corrected chi connectivity index (χ3v) is 10.00. The van der Waals surface area contributed by atoms with Gasteiger partial charge in [-0.1, -0.05) is 109 Å². The molecule has 2 aromatic heterocycles. The predicted molar refractivity (Wildman–Crippen MR) is 171 cm³/mol. The van der Waals surface area contributed by atoms with Gasteiger partial charge in [0, 0.05) is 0 Å². The van der Waals surface area contributed by atoms with Gasteiger partial charge in [-0.25, -0.2) is 0 Å². The molecule has 0 saturated carbocycles. The predicted octanol–water partition coefficient (Wildman–Crippen LogP) is 9.69. The highest BCUT2D eigenvalue weighted by atomic mass is 32.1. The van der Waals surface area contributed by atoms with Crippen molar-refractivity contribution in [2.75, 3.05) is 26.4 Å². The Balaban J connectivity index is 1.10. The van der Waals surface area contributed by atoms with Gasteiger partial charge in [0.25, 0.3) is 0 Å². The van der Waals surface area contributed by atoms with E-state index in [9.17, 15) is 0 Å². The molecular formula is C36H26O4S2. The summed E-state index contributed by atoms with van der Waals surface area (Å²) in [4.78, 5) is 4.43. The van der Waals surface area contributed by atoms with Crippen molar-refractivity contribution >= 4 is 22.7 Å². The normalized spacial score (nSPS) is 13.6. The van der Waals surface area contributed by atoms with Gasteiger partial charge >= 0.3 is 0 Å². The molecule has 0 unspecified atom stereocenters. The number of hydrogen-bond donors (Lipinski definition) is 0. The Hall–Kier alpha value is -4.52. The molecule has 0 spiro atoms. The van der Waals surface area contributed by atoms with Crippen LogP contribution in [-0.2, 0) is 0 Å². The summed E-state index contributed by atoms with van der Waals surface area (Å²) in [6, 6.07) is 38.2. The lowest BCUT2D eigenvalue weighted by atomic mass is 10.0. The number of hydrogen-bond acceptors (Lipinski definition) is 6. The number of benzene rings is 4. The van der Waals surface area contributed by atoms with Crippen molar-refractivity contribution in [3.63, 3.8) is 0 Å². The minimum atomic E-state index is 0.562. The Morgan fingerprint density at radius 3 is 0.881 bits per heavy atom. The minimum Gasteiger partial charge on any atom is -0.485 e. The molecule has 6 aromatic rings. The standard InChI is InChI=1S/C36H26O4S2/c1-3-7-25(8-4-1)33-29-31(39-21-19-37-29)35(41-33)27-15-11-23(12-16-27)24-13-17-28(18-14-24)36-32-30(38-20-22-40-32)34(42-36)26-9-5-2-6-10-26/h1-18H,19-22H2. The molecule has 8 rings (SSSR count). The van der Waals surface area contributed by atoms with E-state index in [1.807, 2.05) is 12.1 Å². The summed E-state index contributed by atoms with van der Waals surface area (Å²) in [5, 5.41) is 0. The largest absolute Gasteiger partial charge is 0.485 e. The second kappa shape index (κ2) is 10.7. The average Bonchev–Trinajstić information content (AvgIpc) is 3.66. The van der Waals surface area contributed by atoms with Crippen molar-refractivity contribution in [3.8, 4) is 75.9 Å². The van der Waals surface area contributed by atoms with Gasteiger partial charge < -0.3 is 18.9 Å². The zero-order chi connectivity index (χ0) is 27.9. The van der Waals surface area contributed by atoms with E-state index in [0.29, 0.717) is 26.4 Å². The van der Waals surface area contributed by atoms with E-state index < -0.39 is 0 Å². The van der Waals surface area contributed by atoms with E-state index in [0.717, 1.165) is 75.9 Å². The lowest BCUT2D eigenvalue weighted by Crippen LogP contribution is -2.14. The van der Waals surface area contributed by atoms with Gasteiger partial charge in [0.2, 0.25) is 0 Å². The molecule has 0 saturated heterocycles. The molecule has 0 atom stereocenters. The fourth-order valence-corrected chi connectivity index (χ4v) is 7.87. The lowest BCUT2D eigenvalue weighted by molar-refractivity contribution is 0.175. The van der Waals surface area contributed by atoms with Crippen molar-refractivity contribution in [1.82, 2.24) is 0 Å². The van der Waals surface area contributed by atoms with E-state index in [1.54, 1.807) is 22.7 Å². The Kier molecular flexibility index (Phi) is 6.43. The molecule has 0 bridgehead atoms. The summed E-state index contributed by atoms with van der Waals surface area (Å²) in [5.74, 6) is 3.41. The molecule has 206 valence electrons. The van der Waals surface area contributed by atoms with Gasteiger partial charge in [-0.15, -0.1) is 22.7 Å². The van der Waals surface area contributed by atoms with Crippen molar-refractivity contribution in [2.45, 2.75) is 0 Å². The van der Waals surface area contributed by atoms with E-state index >= 15 is 0 Å². The summed E-state index contributed by atoms with van der Waals surface area (Å²) < 4.78 is 24.4. The van der Waals surface area contributed by atoms with Gasteiger partial charge in [0.15, 0.2) is 23.0 Å². The molecule has 4 nitrogen and oxygen atoms in total. The first-order chi connectivity index (χ1) is 20.8. The number of fused-ring (bicyclic) bond motifs is 2. The maximum Gasteiger partial charge on any atom is 0.180 e. The number of rotatable bonds is 5. The monoisotopic (exact) mass is 586 g/mol. The highest BCUT2D eigenvalue weighted by Crippen LogP contribution is 2.55. The van der Waals surface area contributed by atoms with E-state index in [1.165, 1.54) is 0 Å². The van der Waals surface area contributed by atoms with Crippen molar-refractivity contribution in [1.29, 1.82) is 0 Å². The van der Waals surface area contributed by atoms with Crippen LogP contribution in [0.3, 0.4) is 0 Å². The first-order valence-corrected chi connectivity index (χ1v) is 15.6. The van der Waals surface area contributed by atoms with Crippen LogP contribution in [0, 0.1) is 0 Å². The van der Waals surface area contributed by atoms with Crippen molar-refractivity contribution < 1.29 is 18.9 Å². The van der Waals surface area contributed by atoms with E-state index in [4.69, 9.17) is 18.9 Å². The molecule has 0 aliphatic carbocycles. The average molecular weight is 587 g/mol. The minimum absolute atomic E-state index is 0.562. The number of ether oxygens (including phenoxy) is 4. The van der Waals surface area contributed by atoms with Gasteiger partial charge in [0.1, 0.15) is 26.4 Å². The quantitative estimate of drug-likeness (QED) is 0.202.